The molecule has 1 amide bonds. The summed E-state index contributed by atoms with van der Waals surface area (Å²) in [6.45, 7) is 3.78. The number of Topliss-reactive ketones (excluding diaryl/α,β-unsaturated/α-hetero) is 2. The van der Waals surface area contributed by atoms with Gasteiger partial charge >= 0.3 is 0 Å². The Balaban J connectivity index is 1.47. The van der Waals surface area contributed by atoms with Crippen LogP contribution in [0.1, 0.15) is 41.0 Å². The van der Waals surface area contributed by atoms with Gasteiger partial charge in [0.05, 0.1) is 13.3 Å². The number of carbonyl (C=O) groups excluding carboxylic acids is 3. The maximum Gasteiger partial charge on any atom is 0.221 e. The Morgan fingerprint density at radius 3 is 2.36 bits per heavy atom. The molecule has 1 heterocycles. The fourth-order valence-electron chi connectivity index (χ4n) is 4.77. The summed E-state index contributed by atoms with van der Waals surface area (Å²) in [6.07, 6.45) is 0.859. The topological polar surface area (TPSA) is 85.4 Å². The number of amides is 1. The van der Waals surface area contributed by atoms with E-state index in [-0.39, 0.29) is 36.0 Å². The van der Waals surface area contributed by atoms with E-state index in [2.05, 4.69) is 10.3 Å². The lowest BCUT2D eigenvalue weighted by molar-refractivity contribution is -0.128. The summed E-state index contributed by atoms with van der Waals surface area (Å²) in [5.41, 5.74) is 3.13. The number of hydrogen-bond donors (Lipinski definition) is 1. The van der Waals surface area contributed by atoms with E-state index in [0.29, 0.717) is 34.5 Å². The minimum Gasteiger partial charge on any atom is -0.497 e. The fraction of sp³-hybridized carbons (Fsp3) is 0.286. The maximum absolute atomic E-state index is 14.2. The molecule has 1 N–H and O–H groups in total. The van der Waals surface area contributed by atoms with Crippen LogP contribution in [0.25, 0.3) is 11.3 Å². The van der Waals surface area contributed by atoms with Crippen molar-refractivity contribution in [1.82, 2.24) is 10.3 Å². The third-order valence-electron chi connectivity index (χ3n) is 6.50. The molecule has 0 spiro atoms. The molecule has 1 aliphatic carbocycles. The highest BCUT2D eigenvalue weighted by Crippen LogP contribution is 2.38. The van der Waals surface area contributed by atoms with Gasteiger partial charge in [0.15, 0.2) is 11.6 Å². The molecule has 36 heavy (non-hydrogen) atoms. The van der Waals surface area contributed by atoms with Gasteiger partial charge in [-0.15, -0.1) is 0 Å². The second kappa shape index (κ2) is 10.4. The van der Waals surface area contributed by atoms with Crippen molar-refractivity contribution in [3.05, 3.63) is 82.5 Å². The summed E-state index contributed by atoms with van der Waals surface area (Å²) >= 11 is 0. The van der Waals surface area contributed by atoms with Gasteiger partial charge in [-0.05, 0) is 60.4 Å². The van der Waals surface area contributed by atoms with E-state index in [9.17, 15) is 23.2 Å². The fourth-order valence-corrected chi connectivity index (χ4v) is 4.77. The number of rotatable bonds is 7. The first-order valence-electron chi connectivity index (χ1n) is 11.6. The number of carbonyl (C=O) groups is 3. The first-order valence-corrected chi connectivity index (χ1v) is 11.6. The van der Waals surface area contributed by atoms with Crippen LogP contribution in [0.4, 0.5) is 8.78 Å². The van der Waals surface area contributed by atoms with Crippen LogP contribution in [0, 0.1) is 31.4 Å². The molecule has 1 aliphatic rings. The molecule has 3 aromatic rings. The van der Waals surface area contributed by atoms with E-state index in [4.69, 9.17) is 4.74 Å². The molecule has 2 atom stereocenters. The van der Waals surface area contributed by atoms with Gasteiger partial charge < -0.3 is 10.1 Å². The van der Waals surface area contributed by atoms with Gasteiger partial charge in [-0.1, -0.05) is 12.1 Å². The number of benzene rings is 2. The van der Waals surface area contributed by atoms with Gasteiger partial charge in [0.25, 0.3) is 0 Å². The normalized spacial score (nSPS) is 17.4. The Morgan fingerprint density at radius 1 is 1.08 bits per heavy atom. The zero-order valence-corrected chi connectivity index (χ0v) is 20.2. The molecule has 6 nitrogen and oxygen atoms in total. The number of hydrogen-bond acceptors (Lipinski definition) is 5. The Bertz CT molecular complexity index is 1310. The van der Waals surface area contributed by atoms with Crippen LogP contribution >= 0.6 is 0 Å². The largest absolute Gasteiger partial charge is 0.497 e. The van der Waals surface area contributed by atoms with E-state index < -0.39 is 23.5 Å². The minimum atomic E-state index is -0.968. The van der Waals surface area contributed by atoms with E-state index >= 15 is 0 Å². The molecule has 0 bridgehead atoms. The van der Waals surface area contributed by atoms with Gasteiger partial charge in [-0.3, -0.25) is 19.4 Å². The zero-order valence-electron chi connectivity index (χ0n) is 20.2. The van der Waals surface area contributed by atoms with Gasteiger partial charge in [0.2, 0.25) is 5.91 Å². The highest BCUT2D eigenvalue weighted by Gasteiger charge is 2.43. The lowest BCUT2D eigenvalue weighted by atomic mass is 9.85. The van der Waals surface area contributed by atoms with Crippen LogP contribution < -0.4 is 10.1 Å². The van der Waals surface area contributed by atoms with Gasteiger partial charge in [0.1, 0.15) is 29.0 Å². The Morgan fingerprint density at radius 2 is 1.75 bits per heavy atom. The molecular formula is C28H26F2N2O4. The van der Waals surface area contributed by atoms with E-state index in [1.165, 1.54) is 0 Å². The Labute approximate surface area is 207 Å². The van der Waals surface area contributed by atoms with Crippen molar-refractivity contribution in [1.29, 1.82) is 0 Å². The molecule has 1 fully saturated rings. The van der Waals surface area contributed by atoms with Crippen LogP contribution in [0.3, 0.4) is 0 Å². The Hall–Kier alpha value is -3.94. The molecule has 1 saturated carbocycles. The van der Waals surface area contributed by atoms with Crippen molar-refractivity contribution in [2.45, 2.75) is 39.2 Å². The number of aryl methyl sites for hydroxylation is 2. The van der Waals surface area contributed by atoms with E-state index in [1.807, 2.05) is 12.1 Å². The maximum atomic E-state index is 14.2. The molecule has 186 valence electrons. The predicted molar refractivity (Wildman–Crippen MR) is 129 cm³/mol. The van der Waals surface area contributed by atoms with Gasteiger partial charge in [-0.25, -0.2) is 8.78 Å². The van der Waals surface area contributed by atoms with Gasteiger partial charge in [-0.2, -0.15) is 0 Å². The van der Waals surface area contributed by atoms with E-state index in [1.54, 1.807) is 45.2 Å². The molecule has 4 rings (SSSR count). The monoisotopic (exact) mass is 492 g/mol. The first-order chi connectivity index (χ1) is 17.2. The number of methoxy groups -OCH3 is 1. The number of nitrogens with zero attached hydrogens (tertiary/aromatic N) is 1. The second-order valence-electron chi connectivity index (χ2n) is 9.04. The third-order valence-corrected chi connectivity index (χ3v) is 6.50. The van der Waals surface area contributed by atoms with Crippen molar-refractivity contribution >= 4 is 17.5 Å². The molecule has 1 aromatic heterocycles. The van der Waals surface area contributed by atoms with Crippen LogP contribution in [0.15, 0.2) is 48.7 Å². The minimum absolute atomic E-state index is 0.00572. The number of nitrogens with one attached hydrogen (secondary N) is 1. The molecular weight excluding hydrogens is 466 g/mol. The third kappa shape index (κ3) is 5.17. The molecule has 8 heteroatoms. The summed E-state index contributed by atoms with van der Waals surface area (Å²) in [7, 11) is 1.57. The molecule has 0 saturated heterocycles. The highest BCUT2D eigenvalue weighted by molar-refractivity contribution is 6.15. The van der Waals surface area contributed by atoms with Crippen LogP contribution in [-0.2, 0) is 20.9 Å². The number of aromatic nitrogens is 1. The first kappa shape index (κ1) is 25.2. The molecule has 0 radical (unpaired) electrons. The van der Waals surface area contributed by atoms with Crippen molar-refractivity contribution < 1.29 is 27.9 Å². The summed E-state index contributed by atoms with van der Waals surface area (Å²) in [6, 6.07) is 11.3. The lowest BCUT2D eigenvalue weighted by Crippen LogP contribution is -2.27. The van der Waals surface area contributed by atoms with Crippen LogP contribution in [0.5, 0.6) is 5.75 Å². The number of pyridine rings is 1. The number of ether oxygens (including phenoxy) is 1. The summed E-state index contributed by atoms with van der Waals surface area (Å²) < 4.78 is 32.6. The standard InChI is InChI=1S/C28H26F2N2O4/c1-15-8-18(27-22(30)12-20(29)14-32-27)9-16(2)25(15)26-23(33)10-19(28(26)35)11-24(34)31-13-17-4-6-21(36-3)7-5-17/h4-9,12,14,19,26H,10-11,13H2,1-3H3,(H,31,34). The van der Waals surface area contributed by atoms with Crippen molar-refractivity contribution in [2.75, 3.05) is 7.11 Å². The van der Waals surface area contributed by atoms with Crippen molar-refractivity contribution in [3.63, 3.8) is 0 Å². The van der Waals surface area contributed by atoms with Crippen LogP contribution in [-0.4, -0.2) is 29.6 Å². The van der Waals surface area contributed by atoms with Crippen LogP contribution in [0.2, 0.25) is 0 Å². The summed E-state index contributed by atoms with van der Waals surface area (Å²) in [5, 5.41) is 2.80. The van der Waals surface area contributed by atoms with Crippen molar-refractivity contribution in [2.24, 2.45) is 5.92 Å². The average molecular weight is 493 g/mol. The Kier molecular flexibility index (Phi) is 7.24. The molecule has 0 aliphatic heterocycles. The van der Waals surface area contributed by atoms with Gasteiger partial charge in [0, 0.05) is 36.9 Å². The quantitative estimate of drug-likeness (QED) is 0.488. The summed E-state index contributed by atoms with van der Waals surface area (Å²) in [5.74, 6) is -3.36. The van der Waals surface area contributed by atoms with Crippen molar-refractivity contribution in [3.8, 4) is 17.0 Å². The highest BCUT2D eigenvalue weighted by atomic mass is 19.1. The van der Waals surface area contributed by atoms with E-state index in [0.717, 1.165) is 17.8 Å². The molecule has 2 unspecified atom stereocenters. The number of ketones is 2. The smallest absolute Gasteiger partial charge is 0.221 e. The zero-order chi connectivity index (χ0) is 26.0. The second-order valence-corrected chi connectivity index (χ2v) is 9.04. The predicted octanol–water partition coefficient (Wildman–Crippen LogP) is 4.60. The summed E-state index contributed by atoms with van der Waals surface area (Å²) in [4.78, 5) is 42.5. The number of halogens is 2. The molecule has 2 aromatic carbocycles. The average Bonchev–Trinajstić information content (AvgIpc) is 3.10. The lowest BCUT2D eigenvalue weighted by Gasteiger charge is -2.17. The SMILES string of the molecule is COc1ccc(CNC(=O)CC2CC(=O)C(c3c(C)cc(-c4ncc(F)cc4F)cc3C)C2=O)cc1.